The molecule has 25 heavy (non-hydrogen) atoms. The van der Waals surface area contributed by atoms with Crippen LogP contribution in [0.2, 0.25) is 0 Å². The number of rotatable bonds is 3. The van der Waals surface area contributed by atoms with E-state index in [9.17, 15) is 9.59 Å². The predicted octanol–water partition coefficient (Wildman–Crippen LogP) is 0.461. The van der Waals surface area contributed by atoms with Gasteiger partial charge in [0, 0.05) is 12.2 Å². The maximum atomic E-state index is 12.7. The number of carbonyl (C=O) groups is 2. The Bertz CT molecular complexity index is 900. The second kappa shape index (κ2) is 5.90. The third-order valence-electron chi connectivity index (χ3n) is 4.25. The molecule has 1 saturated heterocycles. The number of hydrogen-bond acceptors (Lipinski definition) is 6. The van der Waals surface area contributed by atoms with Crippen LogP contribution in [-0.4, -0.2) is 46.2 Å². The number of anilines is 1. The highest BCUT2D eigenvalue weighted by atomic mass is 16.6. The van der Waals surface area contributed by atoms with Crippen LogP contribution < -0.4 is 10.2 Å². The number of nitrogens with one attached hydrogen (secondary N) is 1. The molecular formula is C16H14N6O3. The molecule has 2 aliphatic rings. The number of benzene rings is 1. The lowest BCUT2D eigenvalue weighted by atomic mass is 10.1. The van der Waals surface area contributed by atoms with E-state index in [1.165, 1.54) is 4.68 Å². The molecule has 1 N–H and O–H groups in total. The molecule has 2 aromatic rings. The molecule has 0 radical (unpaired) electrons. The minimum Gasteiger partial charge on any atom is -0.442 e. The Labute approximate surface area is 142 Å². The first-order chi connectivity index (χ1) is 12.1. The van der Waals surface area contributed by atoms with E-state index in [0.717, 1.165) is 11.3 Å². The van der Waals surface area contributed by atoms with Gasteiger partial charge in [0.15, 0.2) is 5.69 Å². The van der Waals surface area contributed by atoms with Crippen molar-refractivity contribution >= 4 is 17.7 Å². The average molecular weight is 338 g/mol. The molecule has 126 valence electrons. The van der Waals surface area contributed by atoms with Crippen LogP contribution in [0.3, 0.4) is 0 Å². The SMILES string of the molecule is N#Cc1ccc2c(c1)CCN2C(=O)c1cn(CC2CNC(=O)O2)nn1. The standard InChI is InChI=1S/C16H14N6O3/c17-6-10-1-2-14-11(5-10)3-4-22(14)15(23)13-9-21(20-19-13)8-12-7-18-16(24)25-12/h1-2,5,9,12H,3-4,7-8H2,(H,18,24). The number of alkyl carbamates (subject to hydrolysis) is 1. The summed E-state index contributed by atoms with van der Waals surface area (Å²) < 4.78 is 6.54. The molecule has 2 aliphatic heterocycles. The van der Waals surface area contributed by atoms with Gasteiger partial charge in [-0.05, 0) is 30.2 Å². The molecule has 1 aromatic carbocycles. The molecule has 2 amide bonds. The Morgan fingerprint density at radius 3 is 3.12 bits per heavy atom. The summed E-state index contributed by atoms with van der Waals surface area (Å²) >= 11 is 0. The van der Waals surface area contributed by atoms with Gasteiger partial charge in [-0.3, -0.25) is 4.79 Å². The number of fused-ring (bicyclic) bond motifs is 1. The zero-order chi connectivity index (χ0) is 17.4. The fraction of sp³-hybridized carbons (Fsp3) is 0.312. The fourth-order valence-electron chi connectivity index (χ4n) is 3.05. The van der Waals surface area contributed by atoms with Crippen molar-refractivity contribution in [1.82, 2.24) is 20.3 Å². The lowest BCUT2D eigenvalue weighted by Crippen LogP contribution is -2.29. The van der Waals surface area contributed by atoms with Crippen LogP contribution in [0.25, 0.3) is 0 Å². The third-order valence-corrected chi connectivity index (χ3v) is 4.25. The van der Waals surface area contributed by atoms with E-state index in [4.69, 9.17) is 10.00 Å². The Hall–Kier alpha value is -3.41. The van der Waals surface area contributed by atoms with Crippen molar-refractivity contribution < 1.29 is 14.3 Å². The molecule has 0 bridgehead atoms. The monoisotopic (exact) mass is 338 g/mol. The average Bonchev–Trinajstić information content (AvgIpc) is 3.34. The molecule has 1 unspecified atom stereocenters. The van der Waals surface area contributed by atoms with E-state index in [1.54, 1.807) is 29.3 Å². The van der Waals surface area contributed by atoms with Crippen molar-refractivity contribution in [2.24, 2.45) is 0 Å². The fourth-order valence-corrected chi connectivity index (χ4v) is 3.05. The lowest BCUT2D eigenvalue weighted by molar-refractivity contribution is 0.0984. The Morgan fingerprint density at radius 1 is 1.48 bits per heavy atom. The topological polar surface area (TPSA) is 113 Å². The quantitative estimate of drug-likeness (QED) is 0.870. The van der Waals surface area contributed by atoms with Crippen LogP contribution in [0.15, 0.2) is 24.4 Å². The Balaban J connectivity index is 1.49. The zero-order valence-corrected chi connectivity index (χ0v) is 13.2. The number of nitriles is 1. The Kier molecular flexibility index (Phi) is 3.57. The van der Waals surface area contributed by atoms with E-state index in [0.29, 0.717) is 31.6 Å². The van der Waals surface area contributed by atoms with Crippen LogP contribution in [0.5, 0.6) is 0 Å². The summed E-state index contributed by atoms with van der Waals surface area (Å²) in [6.07, 6.45) is 1.48. The highest BCUT2D eigenvalue weighted by Crippen LogP contribution is 2.29. The van der Waals surface area contributed by atoms with Gasteiger partial charge in [0.2, 0.25) is 0 Å². The zero-order valence-electron chi connectivity index (χ0n) is 13.2. The largest absolute Gasteiger partial charge is 0.442 e. The summed E-state index contributed by atoms with van der Waals surface area (Å²) in [4.78, 5) is 25.4. The molecule has 9 nitrogen and oxygen atoms in total. The second-order valence-corrected chi connectivity index (χ2v) is 5.90. The molecule has 0 saturated carbocycles. The molecule has 0 spiro atoms. The summed E-state index contributed by atoms with van der Waals surface area (Å²) in [6.45, 7) is 1.28. The van der Waals surface area contributed by atoms with Crippen LogP contribution in [0.4, 0.5) is 10.5 Å². The summed E-state index contributed by atoms with van der Waals surface area (Å²) in [5, 5.41) is 19.4. The van der Waals surface area contributed by atoms with E-state index in [-0.39, 0.29) is 17.7 Å². The van der Waals surface area contributed by atoms with Gasteiger partial charge in [-0.2, -0.15) is 5.26 Å². The van der Waals surface area contributed by atoms with Crippen molar-refractivity contribution in [2.75, 3.05) is 18.0 Å². The maximum Gasteiger partial charge on any atom is 0.407 e. The van der Waals surface area contributed by atoms with E-state index in [2.05, 4.69) is 21.7 Å². The van der Waals surface area contributed by atoms with Crippen molar-refractivity contribution in [3.05, 3.63) is 41.2 Å². The van der Waals surface area contributed by atoms with Gasteiger partial charge in [0.1, 0.15) is 6.10 Å². The molecule has 9 heteroatoms. The summed E-state index contributed by atoms with van der Waals surface area (Å²) in [5.74, 6) is -0.240. The summed E-state index contributed by atoms with van der Waals surface area (Å²) in [6, 6.07) is 7.39. The lowest BCUT2D eigenvalue weighted by Gasteiger charge is -2.15. The smallest absolute Gasteiger partial charge is 0.407 e. The molecule has 1 aromatic heterocycles. The maximum absolute atomic E-state index is 12.7. The molecule has 3 heterocycles. The normalized spacial score (nSPS) is 18.4. The van der Waals surface area contributed by atoms with Gasteiger partial charge in [-0.25, -0.2) is 9.48 Å². The van der Waals surface area contributed by atoms with Crippen molar-refractivity contribution in [1.29, 1.82) is 5.26 Å². The van der Waals surface area contributed by atoms with Crippen molar-refractivity contribution in [3.8, 4) is 6.07 Å². The highest BCUT2D eigenvalue weighted by molar-refractivity contribution is 6.05. The van der Waals surface area contributed by atoms with Crippen molar-refractivity contribution in [2.45, 2.75) is 19.1 Å². The minimum absolute atomic E-state index is 0.231. The first-order valence-corrected chi connectivity index (χ1v) is 7.83. The third kappa shape index (κ3) is 2.78. The summed E-state index contributed by atoms with van der Waals surface area (Å²) in [7, 11) is 0. The molecular weight excluding hydrogens is 324 g/mol. The van der Waals surface area contributed by atoms with E-state index < -0.39 is 6.09 Å². The summed E-state index contributed by atoms with van der Waals surface area (Å²) in [5.41, 5.74) is 2.59. The highest BCUT2D eigenvalue weighted by Gasteiger charge is 2.28. The predicted molar refractivity (Wildman–Crippen MR) is 84.8 cm³/mol. The molecule has 1 fully saturated rings. The number of cyclic esters (lactones) is 1. The molecule has 0 aliphatic carbocycles. The number of aromatic nitrogens is 3. The van der Waals surface area contributed by atoms with E-state index in [1.807, 2.05) is 0 Å². The van der Waals surface area contributed by atoms with Crippen LogP contribution in [0.1, 0.15) is 21.6 Å². The number of amides is 2. The van der Waals surface area contributed by atoms with Gasteiger partial charge in [0.25, 0.3) is 5.91 Å². The number of ether oxygens (including phenoxy) is 1. The van der Waals surface area contributed by atoms with Gasteiger partial charge in [-0.1, -0.05) is 5.21 Å². The van der Waals surface area contributed by atoms with Crippen LogP contribution >= 0.6 is 0 Å². The van der Waals surface area contributed by atoms with Gasteiger partial charge >= 0.3 is 6.09 Å². The first-order valence-electron chi connectivity index (χ1n) is 7.83. The van der Waals surface area contributed by atoms with Crippen LogP contribution in [0, 0.1) is 11.3 Å². The van der Waals surface area contributed by atoms with Gasteiger partial charge in [0.05, 0.1) is 30.9 Å². The van der Waals surface area contributed by atoms with E-state index >= 15 is 0 Å². The van der Waals surface area contributed by atoms with Crippen molar-refractivity contribution in [3.63, 3.8) is 0 Å². The van der Waals surface area contributed by atoms with Crippen LogP contribution in [-0.2, 0) is 17.7 Å². The van der Waals surface area contributed by atoms with Gasteiger partial charge in [-0.15, -0.1) is 5.10 Å². The second-order valence-electron chi connectivity index (χ2n) is 5.90. The molecule has 4 rings (SSSR count). The number of hydrogen-bond donors (Lipinski definition) is 1. The Morgan fingerprint density at radius 2 is 2.36 bits per heavy atom. The van der Waals surface area contributed by atoms with Gasteiger partial charge < -0.3 is 15.0 Å². The molecule has 1 atom stereocenters. The first kappa shape index (κ1) is 15.1. The number of carbonyl (C=O) groups excluding carboxylic acids is 2. The minimum atomic E-state index is -0.452. The number of nitrogens with zero attached hydrogens (tertiary/aromatic N) is 5.